The van der Waals surface area contributed by atoms with E-state index in [-0.39, 0.29) is 6.03 Å². The van der Waals surface area contributed by atoms with E-state index in [9.17, 15) is 4.79 Å². The van der Waals surface area contributed by atoms with Crippen LogP contribution in [-0.4, -0.2) is 25.8 Å². The van der Waals surface area contributed by atoms with E-state index in [1.165, 1.54) is 0 Å². The third-order valence-corrected chi connectivity index (χ3v) is 2.56. The topological polar surface area (TPSA) is 50.4 Å². The largest absolute Gasteiger partial charge is 0.381 e. The number of nitrogens with one attached hydrogen (secondary N) is 2. The molecule has 0 unspecified atom stereocenters. The average Bonchev–Trinajstić information content (AvgIpc) is 2.36. The van der Waals surface area contributed by atoms with Gasteiger partial charge in [-0.2, -0.15) is 0 Å². The van der Waals surface area contributed by atoms with Crippen LogP contribution in [-0.2, 0) is 4.74 Å². The second kappa shape index (κ2) is 8.77. The van der Waals surface area contributed by atoms with Crippen LogP contribution in [0, 0.1) is 5.92 Å². The first-order valence-electron chi connectivity index (χ1n) is 6.46. The summed E-state index contributed by atoms with van der Waals surface area (Å²) in [7, 11) is 0. The lowest BCUT2D eigenvalue weighted by Crippen LogP contribution is -2.30. The Hall–Kier alpha value is -1.26. The first-order valence-corrected chi connectivity index (χ1v) is 6.84. The number of ether oxygens (including phenoxy) is 1. The number of amides is 2. The lowest BCUT2D eigenvalue weighted by molar-refractivity contribution is 0.108. The van der Waals surface area contributed by atoms with Crippen molar-refractivity contribution in [2.75, 3.05) is 25.1 Å². The van der Waals surface area contributed by atoms with E-state index in [1.807, 2.05) is 0 Å². The van der Waals surface area contributed by atoms with Crippen LogP contribution in [0.15, 0.2) is 24.3 Å². The summed E-state index contributed by atoms with van der Waals surface area (Å²) in [5.74, 6) is 0.543. The molecule has 2 amide bonds. The predicted octanol–water partition coefficient (Wildman–Crippen LogP) is 3.52. The smallest absolute Gasteiger partial charge is 0.319 e. The number of halogens is 1. The summed E-state index contributed by atoms with van der Waals surface area (Å²) in [6.45, 7) is 6.24. The van der Waals surface area contributed by atoms with Gasteiger partial charge in [-0.1, -0.05) is 25.4 Å². The van der Waals surface area contributed by atoms with Crippen LogP contribution in [0.2, 0.25) is 5.02 Å². The van der Waals surface area contributed by atoms with E-state index < -0.39 is 0 Å². The van der Waals surface area contributed by atoms with Gasteiger partial charge in [-0.05, 0) is 36.6 Å². The van der Waals surface area contributed by atoms with Gasteiger partial charge in [0.15, 0.2) is 0 Å². The van der Waals surface area contributed by atoms with Crippen LogP contribution in [0.5, 0.6) is 0 Å². The molecule has 1 aromatic rings. The molecule has 1 rings (SSSR count). The fourth-order valence-corrected chi connectivity index (χ4v) is 1.53. The molecule has 2 N–H and O–H groups in total. The van der Waals surface area contributed by atoms with Crippen molar-refractivity contribution in [2.24, 2.45) is 5.92 Å². The second-order valence-corrected chi connectivity index (χ2v) is 5.15. The lowest BCUT2D eigenvalue weighted by Gasteiger charge is -2.09. The molecule has 0 aromatic heterocycles. The van der Waals surface area contributed by atoms with E-state index >= 15 is 0 Å². The molecule has 0 saturated carbocycles. The predicted molar refractivity (Wildman–Crippen MR) is 78.7 cm³/mol. The summed E-state index contributed by atoms with van der Waals surface area (Å²) in [5, 5.41) is 6.15. The SMILES string of the molecule is CC(C)COCCCNC(=O)Nc1ccc(Cl)cc1. The highest BCUT2D eigenvalue weighted by Crippen LogP contribution is 2.12. The monoisotopic (exact) mass is 284 g/mol. The summed E-state index contributed by atoms with van der Waals surface area (Å²) < 4.78 is 5.42. The zero-order valence-corrected chi connectivity index (χ0v) is 12.2. The van der Waals surface area contributed by atoms with Crippen molar-refractivity contribution in [2.45, 2.75) is 20.3 Å². The molecule has 4 nitrogen and oxygen atoms in total. The number of anilines is 1. The number of urea groups is 1. The van der Waals surface area contributed by atoms with Crippen molar-refractivity contribution in [3.63, 3.8) is 0 Å². The van der Waals surface area contributed by atoms with Gasteiger partial charge in [-0.3, -0.25) is 0 Å². The first kappa shape index (κ1) is 15.8. The fourth-order valence-electron chi connectivity index (χ4n) is 1.40. The maximum atomic E-state index is 11.5. The molecule has 0 bridgehead atoms. The molecule has 0 saturated heterocycles. The van der Waals surface area contributed by atoms with Gasteiger partial charge in [0, 0.05) is 30.5 Å². The van der Waals surface area contributed by atoms with Crippen molar-refractivity contribution in [1.82, 2.24) is 5.32 Å². The van der Waals surface area contributed by atoms with Crippen molar-refractivity contribution >= 4 is 23.3 Å². The molecule has 0 aliphatic carbocycles. The summed E-state index contributed by atoms with van der Waals surface area (Å²) in [4.78, 5) is 11.5. The Kier molecular flexibility index (Phi) is 7.30. The number of rotatable bonds is 7. The molecular weight excluding hydrogens is 264 g/mol. The van der Waals surface area contributed by atoms with Crippen molar-refractivity contribution in [1.29, 1.82) is 0 Å². The lowest BCUT2D eigenvalue weighted by atomic mass is 10.2. The summed E-state index contributed by atoms with van der Waals surface area (Å²) >= 11 is 5.76. The van der Waals surface area contributed by atoms with E-state index in [2.05, 4.69) is 24.5 Å². The molecule has 0 atom stereocenters. The molecule has 1 aromatic carbocycles. The Morgan fingerprint density at radius 1 is 1.32 bits per heavy atom. The van der Waals surface area contributed by atoms with E-state index in [4.69, 9.17) is 16.3 Å². The molecule has 0 aliphatic rings. The molecule has 0 fully saturated rings. The van der Waals surface area contributed by atoms with Gasteiger partial charge in [0.25, 0.3) is 0 Å². The van der Waals surface area contributed by atoms with Gasteiger partial charge >= 0.3 is 6.03 Å². The van der Waals surface area contributed by atoms with Crippen molar-refractivity contribution in [3.05, 3.63) is 29.3 Å². The van der Waals surface area contributed by atoms with Gasteiger partial charge in [0.2, 0.25) is 0 Å². The minimum absolute atomic E-state index is 0.216. The molecule has 19 heavy (non-hydrogen) atoms. The normalized spacial score (nSPS) is 10.5. The van der Waals surface area contributed by atoms with Crippen LogP contribution >= 0.6 is 11.6 Å². The van der Waals surface area contributed by atoms with Crippen molar-refractivity contribution < 1.29 is 9.53 Å². The van der Waals surface area contributed by atoms with Gasteiger partial charge < -0.3 is 15.4 Å². The third-order valence-electron chi connectivity index (χ3n) is 2.30. The highest BCUT2D eigenvalue weighted by molar-refractivity contribution is 6.30. The molecule has 5 heteroatoms. The molecule has 0 heterocycles. The number of carbonyl (C=O) groups excluding carboxylic acids is 1. The van der Waals surface area contributed by atoms with E-state index in [1.54, 1.807) is 24.3 Å². The number of hydrogen-bond acceptors (Lipinski definition) is 2. The Morgan fingerprint density at radius 3 is 2.63 bits per heavy atom. The van der Waals surface area contributed by atoms with Gasteiger partial charge in [-0.15, -0.1) is 0 Å². The van der Waals surface area contributed by atoms with Gasteiger partial charge in [0.05, 0.1) is 0 Å². The number of benzene rings is 1. The average molecular weight is 285 g/mol. The number of carbonyl (C=O) groups is 1. The Balaban J connectivity index is 2.09. The van der Waals surface area contributed by atoms with Gasteiger partial charge in [-0.25, -0.2) is 4.79 Å². The summed E-state index contributed by atoms with van der Waals surface area (Å²) in [5.41, 5.74) is 0.720. The third kappa shape index (κ3) is 7.70. The Labute approximate surface area is 119 Å². The van der Waals surface area contributed by atoms with Crippen LogP contribution in [0.4, 0.5) is 10.5 Å². The van der Waals surface area contributed by atoms with E-state index in [0.717, 1.165) is 18.7 Å². The molecule has 0 radical (unpaired) electrons. The highest BCUT2D eigenvalue weighted by Gasteiger charge is 2.00. The summed E-state index contributed by atoms with van der Waals surface area (Å²) in [6.07, 6.45) is 0.806. The van der Waals surface area contributed by atoms with Crippen LogP contribution < -0.4 is 10.6 Å². The van der Waals surface area contributed by atoms with Crippen LogP contribution in [0.25, 0.3) is 0 Å². The number of hydrogen-bond donors (Lipinski definition) is 2. The standard InChI is InChI=1S/C14H21ClN2O2/c1-11(2)10-19-9-3-8-16-14(18)17-13-6-4-12(15)5-7-13/h4-7,11H,3,8-10H2,1-2H3,(H2,16,17,18). The Bertz CT molecular complexity index is 380. The zero-order valence-electron chi connectivity index (χ0n) is 11.4. The van der Waals surface area contributed by atoms with E-state index in [0.29, 0.717) is 24.1 Å². The minimum Gasteiger partial charge on any atom is -0.381 e. The summed E-state index contributed by atoms with van der Waals surface area (Å²) in [6, 6.07) is 6.76. The first-order chi connectivity index (χ1) is 9.08. The molecule has 106 valence electrons. The van der Waals surface area contributed by atoms with Crippen molar-refractivity contribution in [3.8, 4) is 0 Å². The minimum atomic E-state index is -0.216. The molecule has 0 aliphatic heterocycles. The molecule has 0 spiro atoms. The highest BCUT2D eigenvalue weighted by atomic mass is 35.5. The zero-order chi connectivity index (χ0) is 14.1. The van der Waals surface area contributed by atoms with Crippen LogP contribution in [0.1, 0.15) is 20.3 Å². The maximum Gasteiger partial charge on any atom is 0.319 e. The fraction of sp³-hybridized carbons (Fsp3) is 0.500. The van der Waals surface area contributed by atoms with Gasteiger partial charge in [0.1, 0.15) is 0 Å². The Morgan fingerprint density at radius 2 is 2.00 bits per heavy atom. The second-order valence-electron chi connectivity index (χ2n) is 4.71. The van der Waals surface area contributed by atoms with Crippen LogP contribution in [0.3, 0.4) is 0 Å². The quantitative estimate of drug-likeness (QED) is 0.753. The molecular formula is C14H21ClN2O2. The maximum absolute atomic E-state index is 11.5.